The van der Waals surface area contributed by atoms with Gasteiger partial charge in [0.05, 0.1) is 12.1 Å². The van der Waals surface area contributed by atoms with E-state index in [0.29, 0.717) is 23.8 Å². The second-order valence-corrected chi connectivity index (χ2v) is 6.10. The molecule has 3 atom stereocenters. The molecule has 2 fully saturated rings. The molecule has 0 saturated carbocycles. The highest BCUT2D eigenvalue weighted by molar-refractivity contribution is 8.00. The van der Waals surface area contributed by atoms with Crippen LogP contribution in [0.2, 0.25) is 0 Å². The van der Waals surface area contributed by atoms with Crippen LogP contribution in [0, 0.1) is 0 Å². The smallest absolute Gasteiger partial charge is 0.317 e. The Morgan fingerprint density at radius 2 is 2.39 bits per heavy atom. The fourth-order valence-corrected chi connectivity index (χ4v) is 4.32. The SMILES string of the molecule is C=NC(=O)CCCCC1SC[C@@H]2NC(=O)N(C)C12. The van der Waals surface area contributed by atoms with Gasteiger partial charge in [-0.05, 0) is 19.6 Å². The number of aliphatic imine (C=N–C) groups is 1. The summed E-state index contributed by atoms with van der Waals surface area (Å²) in [6.07, 6.45) is 3.40. The van der Waals surface area contributed by atoms with E-state index in [0.717, 1.165) is 25.0 Å². The van der Waals surface area contributed by atoms with Crippen LogP contribution < -0.4 is 5.32 Å². The number of fused-ring (bicyclic) bond motifs is 1. The Morgan fingerprint density at radius 3 is 3.11 bits per heavy atom. The normalized spacial score (nSPS) is 30.2. The Balaban J connectivity index is 1.75. The number of hydrogen-bond donors (Lipinski definition) is 1. The average molecular weight is 269 g/mol. The lowest BCUT2D eigenvalue weighted by molar-refractivity contribution is -0.117. The molecule has 18 heavy (non-hydrogen) atoms. The van der Waals surface area contributed by atoms with E-state index in [9.17, 15) is 9.59 Å². The number of carbonyl (C=O) groups is 2. The van der Waals surface area contributed by atoms with E-state index in [1.165, 1.54) is 0 Å². The molecule has 0 radical (unpaired) electrons. The zero-order chi connectivity index (χ0) is 13.1. The number of thioether (sulfide) groups is 1. The van der Waals surface area contributed by atoms with Gasteiger partial charge in [-0.3, -0.25) is 4.79 Å². The quantitative estimate of drug-likeness (QED) is 0.464. The minimum absolute atomic E-state index is 0.0429. The molecule has 2 unspecified atom stereocenters. The number of rotatable bonds is 5. The highest BCUT2D eigenvalue weighted by Gasteiger charge is 2.46. The molecule has 3 amide bonds. The summed E-state index contributed by atoms with van der Waals surface area (Å²) >= 11 is 1.93. The van der Waals surface area contributed by atoms with E-state index in [4.69, 9.17) is 0 Å². The van der Waals surface area contributed by atoms with Crippen LogP contribution in [0.15, 0.2) is 4.99 Å². The summed E-state index contributed by atoms with van der Waals surface area (Å²) in [7, 11) is 1.87. The molecule has 100 valence electrons. The van der Waals surface area contributed by atoms with Crippen LogP contribution in [0.1, 0.15) is 25.7 Å². The fraction of sp³-hybridized carbons (Fsp3) is 0.750. The lowest BCUT2D eigenvalue weighted by atomic mass is 10.0. The lowest BCUT2D eigenvalue weighted by Crippen LogP contribution is -2.38. The van der Waals surface area contributed by atoms with Gasteiger partial charge in [0.2, 0.25) is 5.91 Å². The van der Waals surface area contributed by atoms with Crippen LogP contribution in [0.5, 0.6) is 0 Å². The molecule has 1 N–H and O–H groups in total. The van der Waals surface area contributed by atoms with Gasteiger partial charge in [0.25, 0.3) is 0 Å². The number of carbonyl (C=O) groups excluding carboxylic acids is 2. The Morgan fingerprint density at radius 1 is 1.61 bits per heavy atom. The summed E-state index contributed by atoms with van der Waals surface area (Å²) in [5.41, 5.74) is 0. The minimum Gasteiger partial charge on any atom is -0.332 e. The van der Waals surface area contributed by atoms with Crippen LogP contribution >= 0.6 is 11.8 Å². The number of urea groups is 1. The Bertz CT molecular complexity index is 361. The Labute approximate surface area is 111 Å². The molecule has 0 aromatic carbocycles. The molecule has 2 heterocycles. The van der Waals surface area contributed by atoms with E-state index >= 15 is 0 Å². The van der Waals surface area contributed by atoms with Gasteiger partial charge in [-0.15, -0.1) is 0 Å². The lowest BCUT2D eigenvalue weighted by Gasteiger charge is -2.23. The second kappa shape index (κ2) is 5.73. The van der Waals surface area contributed by atoms with Crippen LogP contribution in [-0.2, 0) is 4.79 Å². The van der Waals surface area contributed by atoms with Crippen molar-refractivity contribution in [3.63, 3.8) is 0 Å². The zero-order valence-corrected chi connectivity index (χ0v) is 11.4. The first kappa shape index (κ1) is 13.4. The first-order valence-corrected chi connectivity index (χ1v) is 7.33. The van der Waals surface area contributed by atoms with Crippen LogP contribution in [-0.4, -0.2) is 53.7 Å². The maximum Gasteiger partial charge on any atom is 0.317 e. The van der Waals surface area contributed by atoms with E-state index in [1.807, 2.05) is 23.7 Å². The number of unbranched alkanes of at least 4 members (excludes halogenated alkanes) is 1. The first-order chi connectivity index (χ1) is 8.63. The average Bonchev–Trinajstić information content (AvgIpc) is 2.87. The van der Waals surface area contributed by atoms with Crippen molar-refractivity contribution in [2.24, 2.45) is 4.99 Å². The van der Waals surface area contributed by atoms with Crippen molar-refractivity contribution in [2.75, 3.05) is 12.8 Å². The molecular formula is C12H19N3O2S. The molecule has 2 rings (SSSR count). The van der Waals surface area contributed by atoms with E-state index < -0.39 is 0 Å². The van der Waals surface area contributed by atoms with Crippen molar-refractivity contribution >= 4 is 30.4 Å². The third-order valence-electron chi connectivity index (χ3n) is 3.67. The number of nitrogens with zero attached hydrogens (tertiary/aromatic N) is 2. The molecule has 0 bridgehead atoms. The van der Waals surface area contributed by atoms with Gasteiger partial charge in [0.15, 0.2) is 0 Å². The summed E-state index contributed by atoms with van der Waals surface area (Å²) in [5, 5.41) is 3.49. The van der Waals surface area contributed by atoms with Crippen LogP contribution in [0.3, 0.4) is 0 Å². The number of amides is 3. The third-order valence-corrected chi connectivity index (χ3v) is 5.16. The van der Waals surface area contributed by atoms with E-state index in [1.54, 1.807) is 0 Å². The molecule has 2 aliphatic heterocycles. The fourth-order valence-electron chi connectivity index (χ4n) is 2.68. The van der Waals surface area contributed by atoms with Crippen LogP contribution in [0.4, 0.5) is 4.79 Å². The van der Waals surface area contributed by atoms with Gasteiger partial charge in [-0.2, -0.15) is 11.8 Å². The molecule has 2 saturated heterocycles. The van der Waals surface area contributed by atoms with Crippen molar-refractivity contribution in [3.8, 4) is 0 Å². The van der Waals surface area contributed by atoms with Crippen molar-refractivity contribution in [1.82, 2.24) is 10.2 Å². The van der Waals surface area contributed by atoms with Crippen molar-refractivity contribution < 1.29 is 9.59 Å². The van der Waals surface area contributed by atoms with Gasteiger partial charge in [-0.25, -0.2) is 9.79 Å². The Kier molecular flexibility index (Phi) is 4.27. The van der Waals surface area contributed by atoms with Gasteiger partial charge in [0, 0.05) is 24.5 Å². The maximum absolute atomic E-state index is 11.5. The molecule has 6 heteroatoms. The molecule has 0 aromatic heterocycles. The summed E-state index contributed by atoms with van der Waals surface area (Å²) in [6, 6.07) is 0.658. The number of hydrogen-bond acceptors (Lipinski definition) is 3. The third kappa shape index (κ3) is 2.68. The molecule has 0 aliphatic carbocycles. The minimum atomic E-state index is -0.123. The van der Waals surface area contributed by atoms with Crippen molar-refractivity contribution in [3.05, 3.63) is 0 Å². The number of nitrogens with one attached hydrogen (secondary N) is 1. The van der Waals surface area contributed by atoms with Crippen molar-refractivity contribution in [2.45, 2.75) is 43.0 Å². The molecule has 2 aliphatic rings. The molecule has 5 nitrogen and oxygen atoms in total. The highest BCUT2D eigenvalue weighted by atomic mass is 32.2. The largest absolute Gasteiger partial charge is 0.332 e. The van der Waals surface area contributed by atoms with E-state index in [2.05, 4.69) is 17.0 Å². The predicted molar refractivity (Wildman–Crippen MR) is 73.1 cm³/mol. The second-order valence-electron chi connectivity index (χ2n) is 4.83. The van der Waals surface area contributed by atoms with Gasteiger partial charge < -0.3 is 10.2 Å². The van der Waals surface area contributed by atoms with E-state index in [-0.39, 0.29) is 11.9 Å². The van der Waals surface area contributed by atoms with Gasteiger partial charge >= 0.3 is 6.03 Å². The zero-order valence-electron chi connectivity index (χ0n) is 10.6. The predicted octanol–water partition coefficient (Wildman–Crippen LogP) is 1.28. The topological polar surface area (TPSA) is 61.8 Å². The molecule has 0 aromatic rings. The summed E-state index contributed by atoms with van der Waals surface area (Å²) < 4.78 is 0. The van der Waals surface area contributed by atoms with Crippen LogP contribution in [0.25, 0.3) is 0 Å². The summed E-state index contributed by atoms with van der Waals surface area (Å²) in [5.74, 6) is 0.875. The van der Waals surface area contributed by atoms with Crippen molar-refractivity contribution in [1.29, 1.82) is 0 Å². The standard InChI is InChI=1S/C12H19N3O2S/c1-13-10(16)6-4-3-5-9-11-8(7-18-9)14-12(17)15(11)2/h8-9,11H,1,3-7H2,2H3,(H,14,17)/t8-,9?,11?/m0/s1. The summed E-state index contributed by atoms with van der Waals surface area (Å²) in [4.78, 5) is 27.7. The van der Waals surface area contributed by atoms with Gasteiger partial charge in [-0.1, -0.05) is 6.42 Å². The summed E-state index contributed by atoms with van der Waals surface area (Å²) in [6.45, 7) is 3.22. The molecular weight excluding hydrogens is 250 g/mol. The Hall–Kier alpha value is -1.04. The first-order valence-electron chi connectivity index (χ1n) is 6.28. The highest BCUT2D eigenvalue weighted by Crippen LogP contribution is 2.36. The van der Waals surface area contributed by atoms with Gasteiger partial charge in [0.1, 0.15) is 0 Å². The molecule has 0 spiro atoms. The monoisotopic (exact) mass is 269 g/mol. The number of likely N-dealkylation sites (N-methyl/N-ethyl adjacent to an activating group) is 1. The maximum atomic E-state index is 11.5.